The molecule has 0 radical (unpaired) electrons. The fourth-order valence-corrected chi connectivity index (χ4v) is 0.623. The number of hydrogen-bond donors (Lipinski definition) is 0. The number of hydrogen-bond acceptors (Lipinski definition) is 2. The molecule has 1 aromatic heterocycles. The fraction of sp³-hybridized carbons (Fsp3) is 0.143. The lowest BCUT2D eigenvalue weighted by atomic mass is 10.3. The molecule has 0 unspecified atom stereocenters. The summed E-state index contributed by atoms with van der Waals surface area (Å²) in [6, 6.07) is 1.80. The molecule has 1 rings (SSSR count). The summed E-state index contributed by atoms with van der Waals surface area (Å²) in [5, 5.41) is 0. The lowest BCUT2D eigenvalue weighted by Crippen LogP contribution is -1.79. The van der Waals surface area contributed by atoms with Crippen molar-refractivity contribution in [2.75, 3.05) is 7.11 Å². The van der Waals surface area contributed by atoms with E-state index in [9.17, 15) is 0 Å². The maximum absolute atomic E-state index is 4.91. The molecule has 0 aliphatic rings. The third kappa shape index (κ3) is 0.964. The molecule has 0 N–H and O–H groups in total. The van der Waals surface area contributed by atoms with Gasteiger partial charge in [0.15, 0.2) is 0 Å². The van der Waals surface area contributed by atoms with Crippen molar-refractivity contribution in [3.05, 3.63) is 24.5 Å². The summed E-state index contributed by atoms with van der Waals surface area (Å²) in [6.07, 6.45) is 3.25. The standard InChI is InChI=1S/C7H8O2/c1-3-6-4-5-9-7(6)8-2/h3-5H,1H2,2H3. The molecule has 48 valence electrons. The first-order chi connectivity index (χ1) is 4.38. The predicted molar refractivity (Wildman–Crippen MR) is 35.4 cm³/mol. The van der Waals surface area contributed by atoms with Crippen LogP contribution < -0.4 is 4.74 Å². The smallest absolute Gasteiger partial charge is 0.291 e. The summed E-state index contributed by atoms with van der Waals surface area (Å²) < 4.78 is 9.75. The second-order valence-electron chi connectivity index (χ2n) is 1.57. The quantitative estimate of drug-likeness (QED) is 0.601. The number of methoxy groups -OCH3 is 1. The van der Waals surface area contributed by atoms with E-state index in [1.54, 1.807) is 25.5 Å². The fourth-order valence-electron chi connectivity index (χ4n) is 0.623. The second kappa shape index (κ2) is 2.40. The van der Waals surface area contributed by atoms with Gasteiger partial charge in [0.1, 0.15) is 0 Å². The van der Waals surface area contributed by atoms with Crippen LogP contribution in [0.4, 0.5) is 0 Å². The highest BCUT2D eigenvalue weighted by molar-refractivity contribution is 5.51. The van der Waals surface area contributed by atoms with Crippen molar-refractivity contribution in [2.45, 2.75) is 0 Å². The van der Waals surface area contributed by atoms with Gasteiger partial charge in [-0.1, -0.05) is 12.7 Å². The Kier molecular flexibility index (Phi) is 1.58. The van der Waals surface area contributed by atoms with Crippen molar-refractivity contribution in [3.63, 3.8) is 0 Å². The first-order valence-corrected chi connectivity index (χ1v) is 2.62. The van der Waals surface area contributed by atoms with Gasteiger partial charge in [0.2, 0.25) is 0 Å². The van der Waals surface area contributed by atoms with E-state index >= 15 is 0 Å². The minimum Gasteiger partial charge on any atom is -0.468 e. The monoisotopic (exact) mass is 124 g/mol. The van der Waals surface area contributed by atoms with Crippen LogP contribution in [0.15, 0.2) is 23.3 Å². The molecule has 0 atom stereocenters. The van der Waals surface area contributed by atoms with Crippen LogP contribution in [0.2, 0.25) is 0 Å². The Bertz CT molecular complexity index is 200. The van der Waals surface area contributed by atoms with Crippen molar-refractivity contribution in [2.24, 2.45) is 0 Å². The Morgan fingerprint density at radius 2 is 2.56 bits per heavy atom. The molecular formula is C7H8O2. The molecule has 0 amide bonds. The first-order valence-electron chi connectivity index (χ1n) is 2.62. The highest BCUT2D eigenvalue weighted by atomic mass is 16.6. The summed E-state index contributed by atoms with van der Waals surface area (Å²) >= 11 is 0. The maximum atomic E-state index is 4.91. The van der Waals surface area contributed by atoms with E-state index < -0.39 is 0 Å². The van der Waals surface area contributed by atoms with Gasteiger partial charge in [-0.15, -0.1) is 0 Å². The maximum Gasteiger partial charge on any atom is 0.291 e. The minimum absolute atomic E-state index is 0.519. The summed E-state index contributed by atoms with van der Waals surface area (Å²) in [5.41, 5.74) is 0.887. The summed E-state index contributed by atoms with van der Waals surface area (Å²) in [4.78, 5) is 0. The van der Waals surface area contributed by atoms with Crippen LogP contribution in [0.1, 0.15) is 5.56 Å². The zero-order valence-electron chi connectivity index (χ0n) is 5.26. The van der Waals surface area contributed by atoms with Gasteiger partial charge < -0.3 is 9.15 Å². The number of furan rings is 1. The largest absolute Gasteiger partial charge is 0.468 e. The van der Waals surface area contributed by atoms with Gasteiger partial charge >= 0.3 is 0 Å². The summed E-state index contributed by atoms with van der Waals surface area (Å²) in [5.74, 6) is 0.519. The van der Waals surface area contributed by atoms with Gasteiger partial charge in [0, 0.05) is 0 Å². The van der Waals surface area contributed by atoms with E-state index in [4.69, 9.17) is 9.15 Å². The Labute approximate surface area is 53.7 Å². The highest BCUT2D eigenvalue weighted by Crippen LogP contribution is 2.19. The van der Waals surface area contributed by atoms with E-state index in [1.165, 1.54) is 0 Å². The van der Waals surface area contributed by atoms with E-state index in [2.05, 4.69) is 6.58 Å². The van der Waals surface area contributed by atoms with Gasteiger partial charge in [0.05, 0.1) is 18.9 Å². The molecule has 0 saturated carbocycles. The van der Waals surface area contributed by atoms with Crippen molar-refractivity contribution in [3.8, 4) is 5.95 Å². The lowest BCUT2D eigenvalue weighted by molar-refractivity contribution is 0.304. The summed E-state index contributed by atoms with van der Waals surface area (Å²) in [7, 11) is 1.56. The van der Waals surface area contributed by atoms with Crippen LogP contribution in [-0.4, -0.2) is 7.11 Å². The van der Waals surface area contributed by atoms with Crippen LogP contribution in [0.3, 0.4) is 0 Å². The molecule has 1 heterocycles. The van der Waals surface area contributed by atoms with Gasteiger partial charge in [0.25, 0.3) is 5.95 Å². The molecular weight excluding hydrogens is 116 g/mol. The SMILES string of the molecule is C=Cc1ccoc1OC. The van der Waals surface area contributed by atoms with Crippen molar-refractivity contribution < 1.29 is 9.15 Å². The number of ether oxygens (including phenoxy) is 1. The molecule has 2 nitrogen and oxygen atoms in total. The third-order valence-electron chi connectivity index (χ3n) is 1.06. The Balaban J connectivity index is 2.98. The van der Waals surface area contributed by atoms with Crippen LogP contribution >= 0.6 is 0 Å². The van der Waals surface area contributed by atoms with Crippen LogP contribution in [0.25, 0.3) is 6.08 Å². The second-order valence-corrected chi connectivity index (χ2v) is 1.57. The molecule has 2 heteroatoms. The Hall–Kier alpha value is -1.18. The predicted octanol–water partition coefficient (Wildman–Crippen LogP) is 1.93. The van der Waals surface area contributed by atoms with E-state index in [-0.39, 0.29) is 0 Å². The van der Waals surface area contributed by atoms with E-state index in [0.717, 1.165) is 5.56 Å². The van der Waals surface area contributed by atoms with Crippen molar-refractivity contribution >= 4 is 6.08 Å². The molecule has 0 spiro atoms. The molecule has 0 bridgehead atoms. The van der Waals surface area contributed by atoms with Gasteiger partial charge in [-0.3, -0.25) is 0 Å². The molecule has 0 aliphatic heterocycles. The Morgan fingerprint density at radius 1 is 1.78 bits per heavy atom. The molecule has 0 saturated heterocycles. The van der Waals surface area contributed by atoms with Gasteiger partial charge in [-0.05, 0) is 6.07 Å². The molecule has 0 fully saturated rings. The minimum atomic E-state index is 0.519. The van der Waals surface area contributed by atoms with Crippen LogP contribution in [0.5, 0.6) is 5.95 Å². The van der Waals surface area contributed by atoms with Gasteiger partial charge in [-0.2, -0.15) is 0 Å². The molecule has 1 aromatic rings. The van der Waals surface area contributed by atoms with Gasteiger partial charge in [-0.25, -0.2) is 0 Å². The zero-order valence-corrected chi connectivity index (χ0v) is 5.26. The zero-order chi connectivity index (χ0) is 6.69. The first kappa shape index (κ1) is 5.95. The van der Waals surface area contributed by atoms with E-state index in [1.807, 2.05) is 0 Å². The number of rotatable bonds is 2. The van der Waals surface area contributed by atoms with Crippen molar-refractivity contribution in [1.29, 1.82) is 0 Å². The molecule has 9 heavy (non-hydrogen) atoms. The average molecular weight is 124 g/mol. The third-order valence-corrected chi connectivity index (χ3v) is 1.06. The van der Waals surface area contributed by atoms with E-state index in [0.29, 0.717) is 5.95 Å². The highest BCUT2D eigenvalue weighted by Gasteiger charge is 1.99. The normalized spacial score (nSPS) is 9.00. The van der Waals surface area contributed by atoms with Crippen molar-refractivity contribution in [1.82, 2.24) is 0 Å². The van der Waals surface area contributed by atoms with Crippen LogP contribution in [-0.2, 0) is 0 Å². The lowest BCUT2D eigenvalue weighted by Gasteiger charge is -1.91. The summed E-state index contributed by atoms with van der Waals surface area (Å²) in [6.45, 7) is 3.57. The Morgan fingerprint density at radius 3 is 3.00 bits per heavy atom. The average Bonchev–Trinajstić information content (AvgIpc) is 2.33. The van der Waals surface area contributed by atoms with Crippen LogP contribution in [0, 0.1) is 0 Å². The molecule has 0 aliphatic carbocycles. The topological polar surface area (TPSA) is 22.4 Å². The molecule has 0 aromatic carbocycles.